The van der Waals surface area contributed by atoms with Crippen LogP contribution < -0.4 is 0 Å². The van der Waals surface area contributed by atoms with E-state index in [1.807, 2.05) is 42.5 Å². The van der Waals surface area contributed by atoms with Gasteiger partial charge in [0, 0.05) is 5.39 Å². The fourth-order valence-corrected chi connectivity index (χ4v) is 3.06. The molecule has 8 heteroatoms. The van der Waals surface area contributed by atoms with Crippen LogP contribution in [0.25, 0.3) is 27.8 Å². The Hall–Kier alpha value is -3.68. The Labute approximate surface area is 163 Å². The van der Waals surface area contributed by atoms with Crippen molar-refractivity contribution < 1.29 is 18.4 Å². The number of fused-ring (bicyclic) bond motifs is 1. The van der Waals surface area contributed by atoms with E-state index < -0.39 is 11.9 Å². The lowest BCUT2D eigenvalue weighted by molar-refractivity contribution is -0.141. The zero-order valence-electron chi connectivity index (χ0n) is 15.2. The molecular weight excluding hydrogens is 381 g/mol. The monoisotopic (exact) mass is 396 g/mol. The van der Waals surface area contributed by atoms with Gasteiger partial charge in [0.05, 0.1) is 17.4 Å². The van der Waals surface area contributed by atoms with E-state index in [0.29, 0.717) is 11.2 Å². The van der Waals surface area contributed by atoms with Crippen molar-refractivity contribution in [1.29, 1.82) is 0 Å². The van der Waals surface area contributed by atoms with Crippen molar-refractivity contribution in [3.05, 3.63) is 78.1 Å². The first kappa shape index (κ1) is 18.7. The molecule has 0 amide bonds. The predicted molar refractivity (Wildman–Crippen MR) is 103 cm³/mol. The molecule has 0 fully saturated rings. The molecule has 0 unspecified atom stereocenters. The van der Waals surface area contributed by atoms with Crippen molar-refractivity contribution in [3.63, 3.8) is 0 Å². The van der Waals surface area contributed by atoms with Gasteiger partial charge in [-0.15, -0.1) is 0 Å². The van der Waals surface area contributed by atoms with Gasteiger partial charge in [0.2, 0.25) is 0 Å². The molecule has 2 aromatic heterocycles. The molecule has 0 saturated carbocycles. The van der Waals surface area contributed by atoms with E-state index >= 15 is 0 Å². The quantitative estimate of drug-likeness (QED) is 0.290. The molecule has 29 heavy (non-hydrogen) atoms. The number of pyridine rings is 1. The van der Waals surface area contributed by atoms with Gasteiger partial charge in [-0.2, -0.15) is 18.3 Å². The van der Waals surface area contributed by atoms with Crippen LogP contribution in [0.2, 0.25) is 0 Å². The van der Waals surface area contributed by atoms with Crippen molar-refractivity contribution in [2.75, 3.05) is 0 Å². The summed E-state index contributed by atoms with van der Waals surface area (Å²) in [5.41, 5.74) is 2.62. The van der Waals surface area contributed by atoms with E-state index in [1.165, 1.54) is 16.8 Å². The third-order valence-electron chi connectivity index (χ3n) is 4.58. The minimum absolute atomic E-state index is 0.0870. The fraction of sp³-hybridized carbons (Fsp3) is 0.0952. The normalized spacial score (nSPS) is 12.5. The SMILES string of the molecule is C/C(=N\O)c1cccc(-c2ccc3cnn(-c4cccc(C(F)(F)F)n4)c3c2)c1. The van der Waals surface area contributed by atoms with E-state index in [-0.39, 0.29) is 5.82 Å². The van der Waals surface area contributed by atoms with Crippen molar-refractivity contribution in [2.45, 2.75) is 13.1 Å². The standard InChI is InChI=1S/C21H15F3N4O/c1-13(27-29)14-4-2-5-15(10-14)16-8-9-17-12-25-28(18(17)11-16)20-7-3-6-19(26-20)21(22,23)24/h2-12,29H,1H3/b27-13+. The predicted octanol–water partition coefficient (Wildman–Crippen LogP) is 5.30. The molecular formula is C21H15F3N4O. The largest absolute Gasteiger partial charge is 0.433 e. The number of alkyl halides is 3. The second-order valence-corrected chi connectivity index (χ2v) is 6.47. The highest BCUT2D eigenvalue weighted by molar-refractivity contribution is 5.99. The van der Waals surface area contributed by atoms with Crippen LogP contribution in [0.4, 0.5) is 13.2 Å². The van der Waals surface area contributed by atoms with Crippen LogP contribution in [-0.2, 0) is 6.18 Å². The Balaban J connectivity index is 1.82. The van der Waals surface area contributed by atoms with Gasteiger partial charge in [0.1, 0.15) is 5.69 Å². The second-order valence-electron chi connectivity index (χ2n) is 6.47. The Morgan fingerprint density at radius 3 is 2.52 bits per heavy atom. The molecule has 0 aliphatic carbocycles. The van der Waals surface area contributed by atoms with E-state index in [4.69, 9.17) is 5.21 Å². The first-order valence-corrected chi connectivity index (χ1v) is 8.69. The molecule has 146 valence electrons. The highest BCUT2D eigenvalue weighted by atomic mass is 19.4. The molecule has 4 aromatic rings. The summed E-state index contributed by atoms with van der Waals surface area (Å²) in [6, 6.07) is 16.8. The third kappa shape index (κ3) is 3.56. The van der Waals surface area contributed by atoms with E-state index in [9.17, 15) is 13.2 Å². The van der Waals surface area contributed by atoms with Crippen LogP contribution in [0.3, 0.4) is 0 Å². The molecule has 2 aromatic carbocycles. The molecule has 5 nitrogen and oxygen atoms in total. The fourth-order valence-electron chi connectivity index (χ4n) is 3.06. The average Bonchev–Trinajstić information content (AvgIpc) is 3.16. The number of hydrogen-bond acceptors (Lipinski definition) is 4. The molecule has 0 radical (unpaired) electrons. The first-order chi connectivity index (χ1) is 13.9. The molecule has 0 atom stereocenters. The van der Waals surface area contributed by atoms with Crippen molar-refractivity contribution in [1.82, 2.24) is 14.8 Å². The Kier molecular flexibility index (Phi) is 4.54. The van der Waals surface area contributed by atoms with Crippen molar-refractivity contribution in [3.8, 4) is 16.9 Å². The molecule has 1 N–H and O–H groups in total. The smallest absolute Gasteiger partial charge is 0.411 e. The summed E-state index contributed by atoms with van der Waals surface area (Å²) in [6.45, 7) is 1.69. The maximum absolute atomic E-state index is 13.0. The number of nitrogens with zero attached hydrogens (tertiary/aromatic N) is 4. The maximum atomic E-state index is 13.0. The maximum Gasteiger partial charge on any atom is 0.433 e. The topological polar surface area (TPSA) is 63.3 Å². The summed E-state index contributed by atoms with van der Waals surface area (Å²) < 4.78 is 40.5. The Bertz CT molecular complexity index is 1230. The van der Waals surface area contributed by atoms with Gasteiger partial charge in [0.15, 0.2) is 5.82 Å². The summed E-state index contributed by atoms with van der Waals surface area (Å²) in [4.78, 5) is 3.72. The van der Waals surface area contributed by atoms with Crippen LogP contribution in [0, 0.1) is 0 Å². The van der Waals surface area contributed by atoms with Crippen LogP contribution in [-0.4, -0.2) is 25.7 Å². The first-order valence-electron chi connectivity index (χ1n) is 8.69. The number of benzene rings is 2. The zero-order valence-corrected chi connectivity index (χ0v) is 15.2. The van der Waals surface area contributed by atoms with Gasteiger partial charge in [0.25, 0.3) is 0 Å². The minimum Gasteiger partial charge on any atom is -0.411 e. The molecule has 0 spiro atoms. The number of aromatic nitrogens is 3. The second kappa shape index (κ2) is 7.05. The van der Waals surface area contributed by atoms with Gasteiger partial charge in [-0.25, -0.2) is 9.67 Å². The van der Waals surface area contributed by atoms with Crippen LogP contribution >= 0.6 is 0 Å². The number of halogens is 3. The molecule has 0 aliphatic heterocycles. The van der Waals surface area contributed by atoms with Gasteiger partial charge in [-0.1, -0.05) is 41.6 Å². The van der Waals surface area contributed by atoms with Gasteiger partial charge in [-0.3, -0.25) is 0 Å². The average molecular weight is 396 g/mol. The molecule has 4 rings (SSSR count). The lowest BCUT2D eigenvalue weighted by Gasteiger charge is -2.09. The Morgan fingerprint density at radius 1 is 1.00 bits per heavy atom. The molecule has 0 saturated heterocycles. The van der Waals surface area contributed by atoms with Crippen LogP contribution in [0.5, 0.6) is 0 Å². The molecule has 0 aliphatic rings. The highest BCUT2D eigenvalue weighted by Gasteiger charge is 2.32. The summed E-state index contributed by atoms with van der Waals surface area (Å²) in [7, 11) is 0. The van der Waals surface area contributed by atoms with Crippen LogP contribution in [0.15, 0.2) is 72.0 Å². The number of hydrogen-bond donors (Lipinski definition) is 1. The van der Waals surface area contributed by atoms with Gasteiger partial charge in [-0.05, 0) is 47.9 Å². The summed E-state index contributed by atoms with van der Waals surface area (Å²) in [5, 5.41) is 17.2. The van der Waals surface area contributed by atoms with Crippen LogP contribution in [0.1, 0.15) is 18.2 Å². The Morgan fingerprint density at radius 2 is 1.76 bits per heavy atom. The van der Waals surface area contributed by atoms with Crippen molar-refractivity contribution >= 4 is 16.6 Å². The molecule has 0 bridgehead atoms. The number of oxime groups is 1. The van der Waals surface area contributed by atoms with E-state index in [1.54, 1.807) is 13.1 Å². The lowest BCUT2D eigenvalue weighted by atomic mass is 10.0. The van der Waals surface area contributed by atoms with E-state index in [2.05, 4.69) is 15.2 Å². The van der Waals surface area contributed by atoms with Gasteiger partial charge < -0.3 is 5.21 Å². The van der Waals surface area contributed by atoms with Gasteiger partial charge >= 0.3 is 6.18 Å². The zero-order chi connectivity index (χ0) is 20.6. The summed E-state index contributed by atoms with van der Waals surface area (Å²) >= 11 is 0. The summed E-state index contributed by atoms with van der Waals surface area (Å²) in [5.74, 6) is 0.0870. The summed E-state index contributed by atoms with van der Waals surface area (Å²) in [6.07, 6.45) is -2.95. The van der Waals surface area contributed by atoms with E-state index in [0.717, 1.165) is 28.1 Å². The highest BCUT2D eigenvalue weighted by Crippen LogP contribution is 2.30. The molecule has 2 heterocycles. The minimum atomic E-state index is -4.53. The number of rotatable bonds is 3. The van der Waals surface area contributed by atoms with Crippen molar-refractivity contribution in [2.24, 2.45) is 5.16 Å². The lowest BCUT2D eigenvalue weighted by Crippen LogP contribution is -2.10. The third-order valence-corrected chi connectivity index (χ3v) is 4.58.